The fraction of sp³-hybridized carbons (Fsp3) is 0.364. The molecular formula is C11H11ClO2. The van der Waals surface area contributed by atoms with Gasteiger partial charge in [-0.15, -0.1) is 0 Å². The van der Waals surface area contributed by atoms with E-state index in [9.17, 15) is 4.79 Å². The summed E-state index contributed by atoms with van der Waals surface area (Å²) in [4.78, 5) is 11.4. The Labute approximate surface area is 87.8 Å². The van der Waals surface area contributed by atoms with E-state index in [1.165, 1.54) is 0 Å². The highest BCUT2D eigenvalue weighted by Gasteiger charge is 2.32. The molecule has 0 saturated carbocycles. The van der Waals surface area contributed by atoms with Gasteiger partial charge >= 0.3 is 5.97 Å². The van der Waals surface area contributed by atoms with Crippen LogP contribution < -0.4 is 0 Å². The summed E-state index contributed by atoms with van der Waals surface area (Å²) >= 11 is 5.77. The largest absolute Gasteiger partial charge is 0.462 e. The Hall–Kier alpha value is -1.02. The maximum Gasteiger partial charge on any atom is 0.313 e. The van der Waals surface area contributed by atoms with Gasteiger partial charge in [0.05, 0.1) is 5.92 Å². The summed E-state index contributed by atoms with van der Waals surface area (Å²) in [5, 5.41) is 0.688. The van der Waals surface area contributed by atoms with Crippen molar-refractivity contribution in [3.8, 4) is 0 Å². The fourth-order valence-corrected chi connectivity index (χ4v) is 1.85. The van der Waals surface area contributed by atoms with Crippen molar-refractivity contribution in [3.63, 3.8) is 0 Å². The molecule has 0 unspecified atom stereocenters. The van der Waals surface area contributed by atoms with Crippen LogP contribution in [-0.4, -0.2) is 12.1 Å². The molecule has 0 aliphatic carbocycles. The molecule has 14 heavy (non-hydrogen) atoms. The normalized spacial score (nSPS) is 26.3. The lowest BCUT2D eigenvalue weighted by Crippen LogP contribution is -2.05. The molecule has 2 nitrogen and oxygen atoms in total. The van der Waals surface area contributed by atoms with Crippen molar-refractivity contribution in [1.29, 1.82) is 0 Å². The fourth-order valence-electron chi connectivity index (χ4n) is 1.72. The minimum absolute atomic E-state index is 0.0307. The van der Waals surface area contributed by atoms with Crippen LogP contribution in [0.5, 0.6) is 0 Å². The molecule has 0 N–H and O–H groups in total. The average Bonchev–Trinajstić information content (AvgIpc) is 2.47. The third-order valence-electron chi connectivity index (χ3n) is 2.44. The van der Waals surface area contributed by atoms with Crippen LogP contribution in [-0.2, 0) is 9.53 Å². The topological polar surface area (TPSA) is 26.3 Å². The van der Waals surface area contributed by atoms with E-state index in [4.69, 9.17) is 16.3 Å². The zero-order chi connectivity index (χ0) is 10.1. The van der Waals surface area contributed by atoms with Gasteiger partial charge in [0, 0.05) is 11.4 Å². The van der Waals surface area contributed by atoms with Crippen molar-refractivity contribution in [3.05, 3.63) is 34.9 Å². The summed E-state index contributed by atoms with van der Waals surface area (Å²) in [7, 11) is 0. The summed E-state index contributed by atoms with van der Waals surface area (Å²) in [5.74, 6) is -0.234. The predicted octanol–water partition coefficient (Wildman–Crippen LogP) is 2.76. The summed E-state index contributed by atoms with van der Waals surface area (Å²) in [6.07, 6.45) is 0.795. The minimum atomic E-state index is -0.125. The van der Waals surface area contributed by atoms with Crippen molar-refractivity contribution < 1.29 is 9.53 Å². The first-order valence-electron chi connectivity index (χ1n) is 4.63. The Morgan fingerprint density at radius 1 is 1.36 bits per heavy atom. The number of benzene rings is 1. The molecule has 0 radical (unpaired) electrons. The zero-order valence-electron chi connectivity index (χ0n) is 7.87. The van der Waals surface area contributed by atoms with Crippen LogP contribution in [0.4, 0.5) is 0 Å². The first kappa shape index (κ1) is 9.53. The minimum Gasteiger partial charge on any atom is -0.462 e. The van der Waals surface area contributed by atoms with Crippen molar-refractivity contribution in [1.82, 2.24) is 0 Å². The number of cyclic esters (lactones) is 1. The SMILES string of the molecule is C[C@@H]1C[C@@H](c2ccc(Cl)cc2)C(=O)O1. The van der Waals surface area contributed by atoms with E-state index < -0.39 is 0 Å². The molecule has 0 aromatic heterocycles. The molecule has 2 atom stereocenters. The molecule has 3 heteroatoms. The number of carbonyl (C=O) groups excluding carboxylic acids is 1. The molecule has 1 aromatic carbocycles. The van der Waals surface area contributed by atoms with Gasteiger partial charge in [0.25, 0.3) is 0 Å². The van der Waals surface area contributed by atoms with Crippen molar-refractivity contribution >= 4 is 17.6 Å². The highest BCUT2D eigenvalue weighted by Crippen LogP contribution is 2.30. The Morgan fingerprint density at radius 2 is 2.00 bits per heavy atom. The molecule has 1 aliphatic rings. The van der Waals surface area contributed by atoms with Gasteiger partial charge in [-0.05, 0) is 24.6 Å². The van der Waals surface area contributed by atoms with Crippen molar-refractivity contribution in [2.24, 2.45) is 0 Å². The summed E-state index contributed by atoms with van der Waals surface area (Å²) < 4.78 is 5.09. The second-order valence-electron chi connectivity index (χ2n) is 3.59. The van der Waals surface area contributed by atoms with Crippen molar-refractivity contribution in [2.45, 2.75) is 25.4 Å². The van der Waals surface area contributed by atoms with Gasteiger partial charge in [-0.25, -0.2) is 0 Å². The summed E-state index contributed by atoms with van der Waals surface area (Å²) in [6.45, 7) is 1.91. The zero-order valence-corrected chi connectivity index (χ0v) is 8.62. The number of halogens is 1. The predicted molar refractivity (Wildman–Crippen MR) is 54.4 cm³/mol. The monoisotopic (exact) mass is 210 g/mol. The molecule has 74 valence electrons. The lowest BCUT2D eigenvalue weighted by molar-refractivity contribution is -0.141. The number of esters is 1. The van der Waals surface area contributed by atoms with Crippen LogP contribution in [0.1, 0.15) is 24.8 Å². The van der Waals surface area contributed by atoms with Gasteiger partial charge in [0.1, 0.15) is 6.10 Å². The molecule has 0 amide bonds. The van der Waals surface area contributed by atoms with Gasteiger partial charge < -0.3 is 4.74 Å². The van der Waals surface area contributed by atoms with E-state index in [0.717, 1.165) is 12.0 Å². The Balaban J connectivity index is 2.23. The van der Waals surface area contributed by atoms with E-state index in [-0.39, 0.29) is 18.0 Å². The first-order valence-corrected chi connectivity index (χ1v) is 5.00. The molecule has 1 saturated heterocycles. The molecule has 0 spiro atoms. The Kier molecular flexibility index (Phi) is 2.46. The Bertz CT molecular complexity index is 345. The van der Waals surface area contributed by atoms with Crippen molar-refractivity contribution in [2.75, 3.05) is 0 Å². The molecule has 1 fully saturated rings. The molecule has 1 aliphatic heterocycles. The maximum absolute atomic E-state index is 11.4. The quantitative estimate of drug-likeness (QED) is 0.667. The number of carbonyl (C=O) groups is 1. The summed E-state index contributed by atoms with van der Waals surface area (Å²) in [6, 6.07) is 7.36. The number of hydrogen-bond donors (Lipinski definition) is 0. The first-order chi connectivity index (χ1) is 6.66. The highest BCUT2D eigenvalue weighted by molar-refractivity contribution is 6.30. The van der Waals surface area contributed by atoms with Gasteiger partial charge in [-0.1, -0.05) is 23.7 Å². The lowest BCUT2D eigenvalue weighted by Gasteiger charge is -2.04. The second-order valence-corrected chi connectivity index (χ2v) is 4.02. The van der Waals surface area contributed by atoms with Crippen LogP contribution in [0.25, 0.3) is 0 Å². The number of rotatable bonds is 1. The van der Waals surface area contributed by atoms with Crippen LogP contribution in [0.2, 0.25) is 5.02 Å². The van der Waals surface area contributed by atoms with E-state index in [2.05, 4.69) is 0 Å². The van der Waals surface area contributed by atoms with E-state index in [0.29, 0.717) is 5.02 Å². The van der Waals surface area contributed by atoms with Gasteiger partial charge in [-0.2, -0.15) is 0 Å². The average molecular weight is 211 g/mol. The number of hydrogen-bond acceptors (Lipinski definition) is 2. The molecule has 2 rings (SSSR count). The third-order valence-corrected chi connectivity index (χ3v) is 2.69. The van der Waals surface area contributed by atoms with Crippen LogP contribution in [0.3, 0.4) is 0 Å². The third kappa shape index (κ3) is 1.75. The van der Waals surface area contributed by atoms with Crippen LogP contribution >= 0.6 is 11.6 Å². The van der Waals surface area contributed by atoms with Crippen LogP contribution in [0, 0.1) is 0 Å². The molecule has 1 aromatic rings. The molecule has 1 heterocycles. The van der Waals surface area contributed by atoms with E-state index >= 15 is 0 Å². The lowest BCUT2D eigenvalue weighted by atomic mass is 9.96. The summed E-state index contributed by atoms with van der Waals surface area (Å²) in [5.41, 5.74) is 0.990. The Morgan fingerprint density at radius 3 is 2.50 bits per heavy atom. The van der Waals surface area contributed by atoms with Crippen LogP contribution in [0.15, 0.2) is 24.3 Å². The maximum atomic E-state index is 11.4. The van der Waals surface area contributed by atoms with Gasteiger partial charge in [0.2, 0.25) is 0 Å². The standard InChI is InChI=1S/C11H11ClO2/c1-7-6-10(11(13)14-7)8-2-4-9(12)5-3-8/h2-5,7,10H,6H2,1H3/t7-,10+/m1/s1. The smallest absolute Gasteiger partial charge is 0.313 e. The van der Waals surface area contributed by atoms with Gasteiger partial charge in [-0.3, -0.25) is 4.79 Å². The van der Waals surface area contributed by atoms with E-state index in [1.807, 2.05) is 19.1 Å². The molecular weight excluding hydrogens is 200 g/mol. The highest BCUT2D eigenvalue weighted by atomic mass is 35.5. The molecule has 0 bridgehead atoms. The second kappa shape index (κ2) is 3.62. The number of ether oxygens (including phenoxy) is 1. The van der Waals surface area contributed by atoms with E-state index in [1.54, 1.807) is 12.1 Å². The van der Waals surface area contributed by atoms with Gasteiger partial charge in [0.15, 0.2) is 0 Å².